The summed E-state index contributed by atoms with van der Waals surface area (Å²) in [4.78, 5) is 41.0. The number of fused-ring (bicyclic) bond motifs is 2. The molecule has 0 aromatic carbocycles. The van der Waals surface area contributed by atoms with Crippen molar-refractivity contribution in [2.45, 2.75) is 45.4 Å². The Labute approximate surface area is 161 Å². The number of halogens is 1. The van der Waals surface area contributed by atoms with Gasteiger partial charge in [0.25, 0.3) is 0 Å². The van der Waals surface area contributed by atoms with Crippen LogP contribution in [0.15, 0.2) is 11.1 Å². The van der Waals surface area contributed by atoms with Crippen LogP contribution in [0.2, 0.25) is 0 Å². The van der Waals surface area contributed by atoms with Gasteiger partial charge in [0.2, 0.25) is 11.8 Å². The number of hydrogen-bond donors (Lipinski definition) is 0. The van der Waals surface area contributed by atoms with E-state index in [0.717, 1.165) is 36.1 Å². The Morgan fingerprint density at radius 2 is 2.00 bits per heavy atom. The first-order valence-electron chi connectivity index (χ1n) is 9.07. The largest absolute Gasteiger partial charge is 0.462 e. The lowest BCUT2D eigenvalue weighted by atomic mass is 9.85. The minimum absolute atomic E-state index is 0.218. The summed E-state index contributed by atoms with van der Waals surface area (Å²) in [6.45, 7) is 2.01. The van der Waals surface area contributed by atoms with Gasteiger partial charge in [0.05, 0.1) is 24.0 Å². The van der Waals surface area contributed by atoms with Gasteiger partial charge in [-0.15, -0.1) is 11.3 Å². The average molecular weight is 394 g/mol. The van der Waals surface area contributed by atoms with Crippen LogP contribution >= 0.6 is 22.9 Å². The molecule has 0 unspecified atom stereocenters. The maximum Gasteiger partial charge on any atom is 0.341 e. The Balaban J connectivity index is 1.78. The van der Waals surface area contributed by atoms with Crippen LogP contribution in [0.5, 0.6) is 0 Å². The SMILES string of the molecule is CCOC(=O)c1c(N2C(=O)[C@H]3CC(Cl)=CC[C@H]3C2=O)sc2c1CCCC2. The smallest absolute Gasteiger partial charge is 0.341 e. The second-order valence-electron chi connectivity index (χ2n) is 6.93. The van der Waals surface area contributed by atoms with Gasteiger partial charge in [0, 0.05) is 9.91 Å². The van der Waals surface area contributed by atoms with Crippen LogP contribution in [-0.4, -0.2) is 24.4 Å². The lowest BCUT2D eigenvalue weighted by Crippen LogP contribution is -2.31. The number of thiophene rings is 1. The van der Waals surface area contributed by atoms with Gasteiger partial charge in [-0.05, 0) is 51.0 Å². The molecule has 0 N–H and O–H groups in total. The monoisotopic (exact) mass is 393 g/mol. The van der Waals surface area contributed by atoms with Crippen molar-refractivity contribution in [3.63, 3.8) is 0 Å². The Morgan fingerprint density at radius 3 is 2.77 bits per heavy atom. The molecule has 0 spiro atoms. The number of imide groups is 1. The van der Waals surface area contributed by atoms with Crippen LogP contribution < -0.4 is 4.90 Å². The van der Waals surface area contributed by atoms with Gasteiger partial charge in [-0.25, -0.2) is 9.69 Å². The third kappa shape index (κ3) is 2.70. The zero-order valence-corrected chi connectivity index (χ0v) is 16.1. The predicted molar refractivity (Wildman–Crippen MR) is 99.6 cm³/mol. The molecule has 138 valence electrons. The fourth-order valence-corrected chi connectivity index (χ4v) is 5.79. The van der Waals surface area contributed by atoms with Gasteiger partial charge in [-0.3, -0.25) is 9.59 Å². The highest BCUT2D eigenvalue weighted by molar-refractivity contribution is 7.17. The van der Waals surface area contributed by atoms with Gasteiger partial charge < -0.3 is 4.74 Å². The molecule has 2 amide bonds. The minimum Gasteiger partial charge on any atom is -0.462 e. The molecule has 5 nitrogen and oxygen atoms in total. The summed E-state index contributed by atoms with van der Waals surface area (Å²) in [5.41, 5.74) is 1.38. The fourth-order valence-electron chi connectivity index (χ4n) is 4.15. The van der Waals surface area contributed by atoms with Crippen LogP contribution in [0.4, 0.5) is 5.00 Å². The number of aryl methyl sites for hydroxylation is 1. The number of hydrogen-bond acceptors (Lipinski definition) is 5. The zero-order chi connectivity index (χ0) is 18.4. The minimum atomic E-state index is -0.437. The number of carbonyl (C=O) groups is 3. The van der Waals surface area contributed by atoms with E-state index in [2.05, 4.69) is 0 Å². The summed E-state index contributed by atoms with van der Waals surface area (Å²) in [5.74, 6) is -1.69. The van der Waals surface area contributed by atoms with E-state index >= 15 is 0 Å². The molecule has 0 bridgehead atoms. The zero-order valence-electron chi connectivity index (χ0n) is 14.5. The van der Waals surface area contributed by atoms with Crippen LogP contribution in [0, 0.1) is 11.8 Å². The fraction of sp³-hybridized carbons (Fsp3) is 0.526. The topological polar surface area (TPSA) is 63.7 Å². The number of ether oxygens (including phenoxy) is 1. The highest BCUT2D eigenvalue weighted by atomic mass is 35.5. The molecule has 1 aliphatic heterocycles. The number of anilines is 1. The van der Waals surface area contributed by atoms with Crippen molar-refractivity contribution in [1.82, 2.24) is 0 Å². The van der Waals surface area contributed by atoms with E-state index in [-0.39, 0.29) is 24.3 Å². The summed E-state index contributed by atoms with van der Waals surface area (Å²) in [7, 11) is 0. The number of nitrogens with zero attached hydrogens (tertiary/aromatic N) is 1. The first-order valence-corrected chi connectivity index (χ1v) is 10.3. The molecule has 2 atom stereocenters. The molecule has 1 saturated heterocycles. The third-order valence-corrected chi connectivity index (χ3v) is 6.99. The summed E-state index contributed by atoms with van der Waals surface area (Å²) < 4.78 is 5.25. The van der Waals surface area contributed by atoms with Gasteiger partial charge in [0.1, 0.15) is 5.00 Å². The predicted octanol–water partition coefficient (Wildman–Crippen LogP) is 3.83. The Morgan fingerprint density at radius 1 is 1.27 bits per heavy atom. The van der Waals surface area contributed by atoms with Gasteiger partial charge in [-0.1, -0.05) is 17.7 Å². The molecule has 0 radical (unpaired) electrons. The van der Waals surface area contributed by atoms with Gasteiger partial charge in [-0.2, -0.15) is 0 Å². The van der Waals surface area contributed by atoms with Crippen molar-refractivity contribution in [2.75, 3.05) is 11.5 Å². The van der Waals surface area contributed by atoms with Gasteiger partial charge >= 0.3 is 5.97 Å². The molecular weight excluding hydrogens is 374 g/mol. The second kappa shape index (κ2) is 6.82. The molecule has 2 aliphatic carbocycles. The molecule has 1 aromatic rings. The normalized spacial score (nSPS) is 25.0. The molecule has 7 heteroatoms. The van der Waals surface area contributed by atoms with Crippen molar-refractivity contribution in [2.24, 2.45) is 11.8 Å². The van der Waals surface area contributed by atoms with Crippen molar-refractivity contribution >= 4 is 45.7 Å². The molecule has 2 heterocycles. The number of carbonyl (C=O) groups excluding carboxylic acids is 3. The molecule has 0 saturated carbocycles. The van der Waals surface area contributed by atoms with Crippen molar-refractivity contribution in [3.8, 4) is 0 Å². The van der Waals surface area contributed by atoms with E-state index in [4.69, 9.17) is 16.3 Å². The van der Waals surface area contributed by atoms with Crippen LogP contribution in [0.25, 0.3) is 0 Å². The first kappa shape index (κ1) is 17.7. The Kier molecular flexibility index (Phi) is 4.65. The van der Waals surface area contributed by atoms with Crippen LogP contribution in [0.3, 0.4) is 0 Å². The van der Waals surface area contributed by atoms with E-state index in [1.54, 1.807) is 6.92 Å². The van der Waals surface area contributed by atoms with E-state index in [0.29, 0.717) is 28.4 Å². The highest BCUT2D eigenvalue weighted by Crippen LogP contribution is 2.46. The summed E-state index contributed by atoms with van der Waals surface area (Å²) in [6.07, 6.45) is 6.42. The van der Waals surface area contributed by atoms with E-state index < -0.39 is 11.9 Å². The summed E-state index contributed by atoms with van der Waals surface area (Å²) in [6, 6.07) is 0. The van der Waals surface area contributed by atoms with Gasteiger partial charge in [0.15, 0.2) is 0 Å². The number of amides is 2. The second-order valence-corrected chi connectivity index (χ2v) is 8.50. The maximum atomic E-state index is 13.0. The van der Waals surface area contributed by atoms with Crippen LogP contribution in [0.1, 0.15) is 53.4 Å². The molecule has 1 aromatic heterocycles. The first-order chi connectivity index (χ1) is 12.5. The Bertz CT molecular complexity index is 828. The maximum absolute atomic E-state index is 13.0. The molecule has 4 rings (SSSR count). The summed E-state index contributed by atoms with van der Waals surface area (Å²) >= 11 is 7.50. The number of allylic oxidation sites excluding steroid dienone is 2. The molecule has 1 fully saturated rings. The molecular formula is C19H20ClNO4S. The van der Waals surface area contributed by atoms with Crippen molar-refractivity contribution < 1.29 is 19.1 Å². The average Bonchev–Trinajstić information content (AvgIpc) is 3.11. The third-order valence-electron chi connectivity index (χ3n) is 5.40. The molecule has 3 aliphatic rings. The number of rotatable bonds is 3. The highest BCUT2D eigenvalue weighted by Gasteiger charge is 2.50. The molecule has 26 heavy (non-hydrogen) atoms. The van der Waals surface area contributed by atoms with E-state index in [9.17, 15) is 14.4 Å². The standard InChI is InChI=1S/C19H20ClNO4S/c1-2-25-19(24)15-12-5-3-4-6-14(12)26-18(15)21-16(22)11-8-7-10(20)9-13(11)17(21)23/h7,11,13H,2-6,8-9H2,1H3/t11-,13+/m1/s1. The van der Waals surface area contributed by atoms with Crippen molar-refractivity contribution in [3.05, 3.63) is 27.1 Å². The van der Waals surface area contributed by atoms with Crippen molar-refractivity contribution in [1.29, 1.82) is 0 Å². The number of esters is 1. The van der Waals surface area contributed by atoms with E-state index in [1.807, 2.05) is 6.08 Å². The van der Waals surface area contributed by atoms with E-state index in [1.165, 1.54) is 16.2 Å². The summed E-state index contributed by atoms with van der Waals surface area (Å²) in [5, 5.41) is 1.08. The lowest BCUT2D eigenvalue weighted by Gasteiger charge is -2.17. The van der Waals surface area contributed by atoms with Crippen LogP contribution in [-0.2, 0) is 27.2 Å². The quantitative estimate of drug-likeness (QED) is 0.578. The Hall–Kier alpha value is -1.66. The lowest BCUT2D eigenvalue weighted by molar-refractivity contribution is -0.122.